The fourth-order valence-electron chi connectivity index (χ4n) is 2.01. The zero-order valence-corrected chi connectivity index (χ0v) is 14.6. The Morgan fingerprint density at radius 2 is 1.92 bits per heavy atom. The molecule has 128 valence electrons. The van der Waals surface area contributed by atoms with Crippen molar-refractivity contribution in [2.45, 2.75) is 20.0 Å². The molecule has 0 saturated heterocycles. The molecule has 0 aliphatic heterocycles. The van der Waals surface area contributed by atoms with Crippen LogP contribution in [0.15, 0.2) is 30.3 Å². The fraction of sp³-hybridized carbons (Fsp3) is 0.235. The van der Waals surface area contributed by atoms with E-state index in [1.165, 1.54) is 19.2 Å². The molecule has 0 bridgehead atoms. The average molecular weight is 373 g/mol. The molecule has 0 fully saturated rings. The number of carbonyl (C=O) groups is 1. The van der Waals surface area contributed by atoms with Gasteiger partial charge >= 0.3 is 6.16 Å². The first-order valence-electron chi connectivity index (χ1n) is 7.10. The van der Waals surface area contributed by atoms with Crippen molar-refractivity contribution < 1.29 is 23.4 Å². The third-order valence-electron chi connectivity index (χ3n) is 3.29. The summed E-state index contributed by atoms with van der Waals surface area (Å²) in [5.41, 5.74) is 0.917. The van der Waals surface area contributed by atoms with Gasteiger partial charge in [0.15, 0.2) is 0 Å². The third kappa shape index (κ3) is 4.30. The van der Waals surface area contributed by atoms with Crippen LogP contribution in [0.1, 0.15) is 18.1 Å². The maximum atomic E-state index is 13.9. The Bertz CT molecular complexity index is 750. The van der Waals surface area contributed by atoms with Gasteiger partial charge in [0.2, 0.25) is 0 Å². The Morgan fingerprint density at radius 1 is 1.17 bits per heavy atom. The molecule has 0 aromatic heterocycles. The highest BCUT2D eigenvalue weighted by molar-refractivity contribution is 6.32. The molecule has 2 aromatic rings. The van der Waals surface area contributed by atoms with Crippen LogP contribution in [0.3, 0.4) is 0 Å². The lowest BCUT2D eigenvalue weighted by Crippen LogP contribution is -2.10. The Kier molecular flexibility index (Phi) is 6.29. The van der Waals surface area contributed by atoms with Gasteiger partial charge in [-0.05, 0) is 30.2 Å². The van der Waals surface area contributed by atoms with Gasteiger partial charge in [-0.3, -0.25) is 0 Å². The lowest BCUT2D eigenvalue weighted by molar-refractivity contribution is 0.120. The van der Waals surface area contributed by atoms with E-state index in [1.54, 1.807) is 18.2 Å². The largest absolute Gasteiger partial charge is 0.513 e. The van der Waals surface area contributed by atoms with Crippen molar-refractivity contribution in [2.75, 3.05) is 7.11 Å². The van der Waals surface area contributed by atoms with E-state index in [0.717, 1.165) is 0 Å². The highest BCUT2D eigenvalue weighted by atomic mass is 35.5. The Hall–Kier alpha value is -1.98. The van der Waals surface area contributed by atoms with Crippen molar-refractivity contribution in [1.82, 2.24) is 0 Å². The average Bonchev–Trinajstić information content (AvgIpc) is 2.56. The van der Waals surface area contributed by atoms with Gasteiger partial charge in [0.1, 0.15) is 23.9 Å². The van der Waals surface area contributed by atoms with E-state index in [9.17, 15) is 9.18 Å². The Morgan fingerprint density at radius 3 is 2.58 bits per heavy atom. The van der Waals surface area contributed by atoms with E-state index >= 15 is 0 Å². The molecule has 0 heterocycles. The van der Waals surface area contributed by atoms with Crippen molar-refractivity contribution in [3.63, 3.8) is 0 Å². The van der Waals surface area contributed by atoms with Gasteiger partial charge in [-0.1, -0.05) is 36.2 Å². The molecule has 4 nitrogen and oxygen atoms in total. The molecule has 0 aliphatic carbocycles. The van der Waals surface area contributed by atoms with Crippen molar-refractivity contribution in [1.29, 1.82) is 0 Å². The van der Waals surface area contributed by atoms with Crippen LogP contribution in [-0.4, -0.2) is 13.3 Å². The van der Waals surface area contributed by atoms with E-state index in [-0.39, 0.29) is 23.1 Å². The normalized spacial score (nSPS) is 10.4. The summed E-state index contributed by atoms with van der Waals surface area (Å²) >= 11 is 12.2. The van der Waals surface area contributed by atoms with Crippen LogP contribution in [0.4, 0.5) is 9.18 Å². The van der Waals surface area contributed by atoms with Gasteiger partial charge in [0, 0.05) is 6.07 Å². The van der Waals surface area contributed by atoms with Crippen LogP contribution in [0.2, 0.25) is 10.0 Å². The molecular weight excluding hydrogens is 358 g/mol. The number of rotatable bonds is 5. The molecule has 24 heavy (non-hydrogen) atoms. The first-order valence-corrected chi connectivity index (χ1v) is 7.85. The maximum Gasteiger partial charge on any atom is 0.513 e. The summed E-state index contributed by atoms with van der Waals surface area (Å²) in [7, 11) is 1.20. The minimum absolute atomic E-state index is 0.0589. The van der Waals surface area contributed by atoms with Crippen molar-refractivity contribution in [3.8, 4) is 11.5 Å². The zero-order chi connectivity index (χ0) is 17.7. The highest BCUT2D eigenvalue weighted by Crippen LogP contribution is 2.32. The topological polar surface area (TPSA) is 44.8 Å². The summed E-state index contributed by atoms with van der Waals surface area (Å²) in [5.74, 6) is -0.0338. The number of hydrogen-bond donors (Lipinski definition) is 0. The van der Waals surface area contributed by atoms with Crippen molar-refractivity contribution >= 4 is 29.4 Å². The molecule has 0 N–H and O–H groups in total. The van der Waals surface area contributed by atoms with Crippen LogP contribution < -0.4 is 9.47 Å². The first-order chi connectivity index (χ1) is 11.5. The van der Waals surface area contributed by atoms with Gasteiger partial charge in [-0.15, -0.1) is 0 Å². The Labute approximate surface area is 149 Å². The summed E-state index contributed by atoms with van der Waals surface area (Å²) < 4.78 is 28.9. The smallest absolute Gasteiger partial charge is 0.487 e. The third-order valence-corrected chi connectivity index (χ3v) is 3.94. The summed E-state index contributed by atoms with van der Waals surface area (Å²) in [5, 5.41) is 0.619. The standard InChI is InChI=1S/C17H15Cl2FO4/c1-3-10-7-13(19)16(8-14(10)20)23-9-11-12(18)5-4-6-15(11)24-17(21)22-2/h4-8H,3,9H2,1-2H3. The minimum Gasteiger partial charge on any atom is -0.487 e. The van der Waals surface area contributed by atoms with Crippen LogP contribution in [0.5, 0.6) is 11.5 Å². The predicted octanol–water partition coefficient (Wildman–Crippen LogP) is 5.42. The lowest BCUT2D eigenvalue weighted by Gasteiger charge is -2.14. The number of carbonyl (C=O) groups excluding carboxylic acids is 1. The molecule has 0 amide bonds. The van der Waals surface area contributed by atoms with Crippen molar-refractivity contribution in [2.24, 2.45) is 0 Å². The molecule has 7 heteroatoms. The summed E-state index contributed by atoms with van der Waals surface area (Å²) in [6, 6.07) is 7.52. The van der Waals surface area contributed by atoms with Crippen LogP contribution in [0, 0.1) is 5.82 Å². The molecule has 0 unspecified atom stereocenters. The second kappa shape index (κ2) is 8.22. The molecule has 0 aliphatic rings. The highest BCUT2D eigenvalue weighted by Gasteiger charge is 2.15. The van der Waals surface area contributed by atoms with Crippen LogP contribution in [0.25, 0.3) is 0 Å². The van der Waals surface area contributed by atoms with E-state index in [2.05, 4.69) is 4.74 Å². The Balaban J connectivity index is 2.23. The van der Waals surface area contributed by atoms with Crippen LogP contribution >= 0.6 is 23.2 Å². The maximum absolute atomic E-state index is 13.9. The number of halogens is 3. The van der Waals surface area contributed by atoms with Gasteiger partial charge in [0.05, 0.1) is 22.7 Å². The second-order valence-corrected chi connectivity index (χ2v) is 5.60. The second-order valence-electron chi connectivity index (χ2n) is 4.79. The summed E-state index contributed by atoms with van der Waals surface area (Å²) in [6.45, 7) is 1.77. The summed E-state index contributed by atoms with van der Waals surface area (Å²) in [6.07, 6.45) is -0.358. The first kappa shape index (κ1) is 18.4. The molecule has 0 spiro atoms. The SMILES string of the molecule is CCc1cc(Cl)c(OCc2c(Cl)cccc2OC(=O)OC)cc1F. The molecule has 0 atom stereocenters. The van der Waals surface area contributed by atoms with E-state index in [4.69, 9.17) is 32.7 Å². The lowest BCUT2D eigenvalue weighted by atomic mass is 10.1. The van der Waals surface area contributed by atoms with E-state index in [1.807, 2.05) is 6.92 Å². The molecule has 2 rings (SSSR count). The van der Waals surface area contributed by atoms with Crippen molar-refractivity contribution in [3.05, 3.63) is 57.3 Å². The predicted molar refractivity (Wildman–Crippen MR) is 89.6 cm³/mol. The molecule has 2 aromatic carbocycles. The number of aryl methyl sites for hydroxylation is 1. The zero-order valence-electron chi connectivity index (χ0n) is 13.1. The van der Waals surface area contributed by atoms with E-state index < -0.39 is 12.0 Å². The van der Waals surface area contributed by atoms with Gasteiger partial charge < -0.3 is 14.2 Å². The van der Waals surface area contributed by atoms with Gasteiger partial charge in [-0.25, -0.2) is 9.18 Å². The van der Waals surface area contributed by atoms with E-state index in [0.29, 0.717) is 22.6 Å². The number of ether oxygens (including phenoxy) is 3. The molecule has 0 saturated carbocycles. The van der Waals surface area contributed by atoms with Gasteiger partial charge in [0.25, 0.3) is 0 Å². The molecular formula is C17H15Cl2FO4. The monoisotopic (exact) mass is 372 g/mol. The molecule has 0 radical (unpaired) electrons. The number of hydrogen-bond acceptors (Lipinski definition) is 4. The summed E-state index contributed by atoms with van der Waals surface area (Å²) in [4.78, 5) is 11.3. The number of methoxy groups -OCH3 is 1. The quantitative estimate of drug-likeness (QED) is 0.519. The van der Waals surface area contributed by atoms with Gasteiger partial charge in [-0.2, -0.15) is 0 Å². The minimum atomic E-state index is -0.880. The fourth-order valence-corrected chi connectivity index (χ4v) is 2.47. The number of benzene rings is 2. The van der Waals surface area contributed by atoms with Crippen LogP contribution in [-0.2, 0) is 17.8 Å².